The van der Waals surface area contributed by atoms with Gasteiger partial charge in [-0.25, -0.2) is 0 Å². The van der Waals surface area contributed by atoms with Gasteiger partial charge in [-0.15, -0.1) is 0 Å². The summed E-state index contributed by atoms with van der Waals surface area (Å²) in [6.45, 7) is 1.84. The van der Waals surface area contributed by atoms with Crippen LogP contribution in [0.2, 0.25) is 0 Å². The van der Waals surface area contributed by atoms with Gasteiger partial charge in [-0.05, 0) is 13.1 Å². The molecule has 0 aromatic heterocycles. The fourth-order valence-corrected chi connectivity index (χ4v) is 0.377. The Bertz CT molecular complexity index is 101. The predicted octanol–water partition coefficient (Wildman–Crippen LogP) is 1.03. The van der Waals surface area contributed by atoms with Crippen molar-refractivity contribution in [3.63, 3.8) is 0 Å². The Kier molecular flexibility index (Phi) is 4.65. The lowest BCUT2D eigenvalue weighted by Crippen LogP contribution is -2.17. The number of hydrogen-bond acceptors (Lipinski definition) is 1. The van der Waals surface area contributed by atoms with Crippen LogP contribution in [0.5, 0.6) is 0 Å². The first-order chi connectivity index (χ1) is 3.81. The second-order valence-corrected chi connectivity index (χ2v) is 1.76. The number of allylic oxidation sites excluding steroid dienone is 1. The molecule has 0 fully saturated rings. The van der Waals surface area contributed by atoms with Crippen molar-refractivity contribution < 1.29 is 4.79 Å². The molecule has 0 aliphatic heterocycles. The SMILES string of the molecule is C/C=C/NC(=O)CBr. The van der Waals surface area contributed by atoms with Crippen molar-refractivity contribution in [3.8, 4) is 0 Å². The van der Waals surface area contributed by atoms with Crippen molar-refractivity contribution in [1.29, 1.82) is 0 Å². The van der Waals surface area contributed by atoms with Crippen molar-refractivity contribution in [2.45, 2.75) is 6.92 Å². The molecule has 0 aliphatic rings. The molecule has 0 heterocycles. The van der Waals surface area contributed by atoms with E-state index in [1.54, 1.807) is 12.3 Å². The van der Waals surface area contributed by atoms with Gasteiger partial charge in [-0.2, -0.15) is 0 Å². The van der Waals surface area contributed by atoms with Crippen molar-refractivity contribution in [2.75, 3.05) is 5.33 Å². The van der Waals surface area contributed by atoms with E-state index in [0.29, 0.717) is 5.33 Å². The van der Waals surface area contributed by atoms with Gasteiger partial charge in [0.1, 0.15) is 0 Å². The summed E-state index contributed by atoms with van der Waals surface area (Å²) in [6, 6.07) is 0. The third-order valence-corrected chi connectivity index (χ3v) is 1.04. The number of rotatable bonds is 2. The number of alkyl halides is 1. The van der Waals surface area contributed by atoms with Gasteiger partial charge >= 0.3 is 0 Å². The predicted molar refractivity (Wildman–Crippen MR) is 36.8 cm³/mol. The highest BCUT2D eigenvalue weighted by Gasteiger charge is 1.88. The number of carbonyl (C=O) groups is 1. The smallest absolute Gasteiger partial charge is 0.234 e. The van der Waals surface area contributed by atoms with E-state index < -0.39 is 0 Å². The molecule has 0 rings (SSSR count). The molecule has 0 aromatic carbocycles. The lowest BCUT2D eigenvalue weighted by molar-refractivity contribution is -0.117. The van der Waals surface area contributed by atoms with Crippen LogP contribution in [0.3, 0.4) is 0 Å². The summed E-state index contributed by atoms with van der Waals surface area (Å²) in [6.07, 6.45) is 3.37. The van der Waals surface area contributed by atoms with Crippen molar-refractivity contribution in [3.05, 3.63) is 12.3 Å². The van der Waals surface area contributed by atoms with Gasteiger partial charge in [0.25, 0.3) is 0 Å². The molecule has 0 bridgehead atoms. The fraction of sp³-hybridized carbons (Fsp3) is 0.400. The van der Waals surface area contributed by atoms with Gasteiger partial charge in [0, 0.05) is 0 Å². The summed E-state index contributed by atoms with van der Waals surface area (Å²) in [7, 11) is 0. The monoisotopic (exact) mass is 177 g/mol. The van der Waals surface area contributed by atoms with Gasteiger partial charge in [0.2, 0.25) is 5.91 Å². The van der Waals surface area contributed by atoms with Crippen LogP contribution in [0.1, 0.15) is 6.92 Å². The number of amides is 1. The minimum Gasteiger partial charge on any atom is -0.332 e. The summed E-state index contributed by atoms with van der Waals surface area (Å²) >= 11 is 3.00. The highest BCUT2D eigenvalue weighted by atomic mass is 79.9. The fourth-order valence-electron chi connectivity index (χ4n) is 0.215. The zero-order valence-corrected chi connectivity index (χ0v) is 6.23. The first-order valence-corrected chi connectivity index (χ1v) is 3.40. The lowest BCUT2D eigenvalue weighted by atomic mass is 10.6. The molecule has 0 aliphatic carbocycles. The van der Waals surface area contributed by atoms with E-state index in [9.17, 15) is 4.79 Å². The molecule has 0 saturated carbocycles. The maximum Gasteiger partial charge on any atom is 0.234 e. The largest absolute Gasteiger partial charge is 0.332 e. The van der Waals surface area contributed by atoms with Gasteiger partial charge in [-0.3, -0.25) is 4.79 Å². The maximum absolute atomic E-state index is 10.4. The van der Waals surface area contributed by atoms with Gasteiger partial charge in [0.15, 0.2) is 0 Å². The normalized spacial score (nSPS) is 9.75. The Hall–Kier alpha value is -0.310. The van der Waals surface area contributed by atoms with Crippen LogP contribution < -0.4 is 5.32 Å². The second kappa shape index (κ2) is 4.84. The van der Waals surface area contributed by atoms with E-state index in [1.807, 2.05) is 6.92 Å². The summed E-state index contributed by atoms with van der Waals surface area (Å²) in [5.74, 6) is -0.0249. The van der Waals surface area contributed by atoms with Crippen molar-refractivity contribution >= 4 is 21.8 Å². The summed E-state index contributed by atoms with van der Waals surface area (Å²) in [4.78, 5) is 10.4. The molecular formula is C5H8BrNO. The summed E-state index contributed by atoms with van der Waals surface area (Å²) in [5, 5.41) is 2.87. The highest BCUT2D eigenvalue weighted by molar-refractivity contribution is 9.09. The van der Waals surface area contributed by atoms with Crippen LogP contribution in [0.25, 0.3) is 0 Å². The third kappa shape index (κ3) is 3.87. The van der Waals surface area contributed by atoms with Crippen molar-refractivity contribution in [2.24, 2.45) is 0 Å². The molecule has 0 unspecified atom stereocenters. The Morgan fingerprint density at radius 2 is 2.50 bits per heavy atom. The molecule has 0 aromatic rings. The quantitative estimate of drug-likeness (QED) is 0.628. The molecule has 1 N–H and O–H groups in total. The Morgan fingerprint density at radius 3 is 2.88 bits per heavy atom. The third-order valence-electron chi connectivity index (χ3n) is 0.532. The van der Waals surface area contributed by atoms with Crippen LogP contribution in [0, 0.1) is 0 Å². The lowest BCUT2D eigenvalue weighted by Gasteiger charge is -1.89. The van der Waals surface area contributed by atoms with E-state index >= 15 is 0 Å². The molecule has 1 amide bonds. The number of carbonyl (C=O) groups excluding carboxylic acids is 1. The molecule has 0 radical (unpaired) electrons. The van der Waals surface area contributed by atoms with Crippen LogP contribution in [0.15, 0.2) is 12.3 Å². The second-order valence-electron chi connectivity index (χ2n) is 1.20. The average molecular weight is 178 g/mol. The molecule has 46 valence electrons. The Labute approximate surface area is 57.1 Å². The highest BCUT2D eigenvalue weighted by Crippen LogP contribution is 1.77. The number of hydrogen-bond donors (Lipinski definition) is 1. The summed E-state index contributed by atoms with van der Waals surface area (Å²) in [5.41, 5.74) is 0. The van der Waals surface area contributed by atoms with E-state index in [1.165, 1.54) is 0 Å². The van der Waals surface area contributed by atoms with Gasteiger partial charge in [0.05, 0.1) is 5.33 Å². The van der Waals surface area contributed by atoms with Crippen LogP contribution >= 0.6 is 15.9 Å². The van der Waals surface area contributed by atoms with Gasteiger partial charge < -0.3 is 5.32 Å². The van der Waals surface area contributed by atoms with Crippen molar-refractivity contribution in [1.82, 2.24) is 5.32 Å². The van der Waals surface area contributed by atoms with Crippen LogP contribution in [-0.4, -0.2) is 11.2 Å². The van der Waals surface area contributed by atoms with Gasteiger partial charge in [-0.1, -0.05) is 22.0 Å². The maximum atomic E-state index is 10.4. The minimum absolute atomic E-state index is 0.0249. The standard InChI is InChI=1S/C5H8BrNO/c1-2-3-7-5(8)4-6/h2-3H,4H2,1H3,(H,7,8)/b3-2+. The summed E-state index contributed by atoms with van der Waals surface area (Å²) < 4.78 is 0. The van der Waals surface area contributed by atoms with Crippen LogP contribution in [0.4, 0.5) is 0 Å². The zero-order valence-electron chi connectivity index (χ0n) is 4.65. The first-order valence-electron chi connectivity index (χ1n) is 2.27. The molecule has 8 heavy (non-hydrogen) atoms. The molecular weight excluding hydrogens is 170 g/mol. The van der Waals surface area contributed by atoms with E-state index in [0.717, 1.165) is 0 Å². The molecule has 2 nitrogen and oxygen atoms in total. The molecule has 0 atom stereocenters. The Morgan fingerprint density at radius 1 is 1.88 bits per heavy atom. The van der Waals surface area contributed by atoms with E-state index in [-0.39, 0.29) is 5.91 Å². The number of nitrogens with one attached hydrogen (secondary N) is 1. The molecule has 0 saturated heterocycles. The molecule has 3 heteroatoms. The first kappa shape index (κ1) is 7.69. The topological polar surface area (TPSA) is 29.1 Å². The van der Waals surface area contributed by atoms with E-state index in [4.69, 9.17) is 0 Å². The zero-order chi connectivity index (χ0) is 6.41. The Balaban J connectivity index is 3.25. The molecule has 0 spiro atoms. The average Bonchev–Trinajstić information content (AvgIpc) is 1.83. The minimum atomic E-state index is -0.0249. The number of halogens is 1. The van der Waals surface area contributed by atoms with E-state index in [2.05, 4.69) is 21.2 Å². The van der Waals surface area contributed by atoms with Crippen LogP contribution in [-0.2, 0) is 4.79 Å².